The van der Waals surface area contributed by atoms with Crippen LogP contribution in [0.2, 0.25) is 5.15 Å². The number of aryl methyl sites for hydroxylation is 1. The summed E-state index contributed by atoms with van der Waals surface area (Å²) in [6.07, 6.45) is -2.53. The molecule has 0 aliphatic carbocycles. The molecule has 0 saturated carbocycles. The molecule has 0 N–H and O–H groups in total. The summed E-state index contributed by atoms with van der Waals surface area (Å²) < 4.78 is 39.9. The summed E-state index contributed by atoms with van der Waals surface area (Å²) in [7, 11) is 0. The Morgan fingerprint density at radius 3 is 2.63 bits per heavy atom. The Labute approximate surface area is 112 Å². The van der Waals surface area contributed by atoms with Crippen molar-refractivity contribution in [1.82, 2.24) is 19.7 Å². The quantitative estimate of drug-likeness (QED) is 0.816. The lowest BCUT2D eigenvalue weighted by molar-refractivity contribution is -0.141. The summed E-state index contributed by atoms with van der Waals surface area (Å²) >= 11 is 5.51. The number of nitrogens with zero attached hydrogens (tertiary/aromatic N) is 4. The lowest BCUT2D eigenvalue weighted by Crippen LogP contribution is -2.14. The van der Waals surface area contributed by atoms with Crippen LogP contribution in [0.4, 0.5) is 13.2 Å². The van der Waals surface area contributed by atoms with Gasteiger partial charge in [-0.25, -0.2) is 14.6 Å². The molecule has 2 aromatic heterocycles. The molecule has 0 amide bonds. The topological polar surface area (TPSA) is 43.6 Å². The van der Waals surface area contributed by atoms with E-state index in [9.17, 15) is 13.2 Å². The average molecular weight is 291 g/mol. The highest BCUT2D eigenvalue weighted by atomic mass is 35.5. The molecule has 4 nitrogen and oxygen atoms in total. The minimum Gasteiger partial charge on any atom is -0.248 e. The molecule has 0 spiro atoms. The van der Waals surface area contributed by atoms with E-state index in [1.807, 2.05) is 6.92 Å². The predicted octanol–water partition coefficient (Wildman–Crippen LogP) is 2.96. The fourth-order valence-electron chi connectivity index (χ4n) is 1.58. The van der Waals surface area contributed by atoms with Gasteiger partial charge in [0.1, 0.15) is 17.3 Å². The predicted molar refractivity (Wildman–Crippen MR) is 62.8 cm³/mol. The van der Waals surface area contributed by atoms with E-state index in [2.05, 4.69) is 15.1 Å². The van der Waals surface area contributed by atoms with Gasteiger partial charge >= 0.3 is 6.18 Å². The number of hydrogen-bond acceptors (Lipinski definition) is 3. The van der Waals surface area contributed by atoms with Gasteiger partial charge in [0.05, 0.1) is 6.54 Å². The zero-order valence-corrected chi connectivity index (χ0v) is 10.7. The van der Waals surface area contributed by atoms with Crippen LogP contribution in [-0.2, 0) is 19.1 Å². The van der Waals surface area contributed by atoms with Gasteiger partial charge in [0.25, 0.3) is 0 Å². The molecule has 0 aliphatic heterocycles. The van der Waals surface area contributed by atoms with Crippen molar-refractivity contribution in [3.8, 4) is 0 Å². The molecule has 0 unspecified atom stereocenters. The van der Waals surface area contributed by atoms with Crippen molar-refractivity contribution in [2.45, 2.75) is 26.1 Å². The number of pyridine rings is 1. The number of hydrogen-bond donors (Lipinski definition) is 0. The van der Waals surface area contributed by atoms with E-state index in [0.29, 0.717) is 12.2 Å². The second kappa shape index (κ2) is 5.16. The highest BCUT2D eigenvalue weighted by molar-refractivity contribution is 6.29. The van der Waals surface area contributed by atoms with Crippen molar-refractivity contribution in [2.75, 3.05) is 0 Å². The maximum atomic E-state index is 12.8. The first-order chi connectivity index (χ1) is 8.90. The first-order valence-corrected chi connectivity index (χ1v) is 5.89. The Hall–Kier alpha value is -1.63. The van der Waals surface area contributed by atoms with Crippen molar-refractivity contribution in [3.05, 3.63) is 40.7 Å². The van der Waals surface area contributed by atoms with Crippen LogP contribution in [0.3, 0.4) is 0 Å². The lowest BCUT2D eigenvalue weighted by atomic mass is 10.2. The van der Waals surface area contributed by atoms with E-state index in [-0.39, 0.29) is 17.3 Å². The second-order valence-corrected chi connectivity index (χ2v) is 4.24. The summed E-state index contributed by atoms with van der Waals surface area (Å²) in [6, 6.07) is 2.62. The molecule has 102 valence electrons. The fourth-order valence-corrected chi connectivity index (χ4v) is 1.73. The first-order valence-electron chi connectivity index (χ1n) is 5.51. The highest BCUT2D eigenvalue weighted by Crippen LogP contribution is 2.31. The second-order valence-electron chi connectivity index (χ2n) is 3.85. The molecular formula is C11H10ClF3N4. The molecular weight excluding hydrogens is 281 g/mol. The van der Waals surface area contributed by atoms with Gasteiger partial charge in [-0.15, -0.1) is 0 Å². The summed E-state index contributed by atoms with van der Waals surface area (Å²) in [5.74, 6) is 0.579. The summed E-state index contributed by atoms with van der Waals surface area (Å²) in [5.41, 5.74) is -0.988. The van der Waals surface area contributed by atoms with E-state index in [0.717, 1.165) is 0 Å². The van der Waals surface area contributed by atoms with E-state index >= 15 is 0 Å². The Morgan fingerprint density at radius 1 is 1.32 bits per heavy atom. The molecule has 0 aromatic carbocycles. The van der Waals surface area contributed by atoms with Crippen molar-refractivity contribution in [2.24, 2.45) is 0 Å². The molecule has 0 bridgehead atoms. The summed E-state index contributed by atoms with van der Waals surface area (Å²) in [4.78, 5) is 7.31. The van der Waals surface area contributed by atoms with Crippen molar-refractivity contribution in [1.29, 1.82) is 0 Å². The van der Waals surface area contributed by atoms with Crippen molar-refractivity contribution >= 4 is 11.6 Å². The Bertz CT molecular complexity index is 580. The first kappa shape index (κ1) is 13.8. The van der Waals surface area contributed by atoms with Gasteiger partial charge in [-0.3, -0.25) is 0 Å². The average Bonchev–Trinajstić information content (AvgIpc) is 2.78. The van der Waals surface area contributed by atoms with Crippen LogP contribution in [0.15, 0.2) is 18.5 Å². The molecule has 2 aromatic rings. The number of rotatable bonds is 3. The minimum absolute atomic E-state index is 0.00412. The fraction of sp³-hybridized carbons (Fsp3) is 0.364. The minimum atomic E-state index is -4.55. The SMILES string of the molecule is CCc1ncn(Cc2ccc(Cl)nc2C(F)(F)F)n1. The summed E-state index contributed by atoms with van der Waals surface area (Å²) in [6.45, 7) is 1.82. The lowest BCUT2D eigenvalue weighted by Gasteiger charge is -2.11. The maximum Gasteiger partial charge on any atom is 0.433 e. The molecule has 2 rings (SSSR count). The smallest absolute Gasteiger partial charge is 0.248 e. The summed E-state index contributed by atoms with van der Waals surface area (Å²) in [5, 5.41) is 3.86. The standard InChI is InChI=1S/C11H10ClF3N4/c1-2-9-16-6-19(18-9)5-7-3-4-8(12)17-10(7)11(13,14)15/h3-4,6H,2,5H2,1H3. The van der Waals surface area contributed by atoms with E-state index in [1.165, 1.54) is 23.1 Å². The molecule has 8 heteroatoms. The van der Waals surface area contributed by atoms with Crippen LogP contribution in [0.25, 0.3) is 0 Å². The van der Waals surface area contributed by atoms with Gasteiger partial charge < -0.3 is 0 Å². The van der Waals surface area contributed by atoms with Crippen LogP contribution < -0.4 is 0 Å². The molecule has 0 radical (unpaired) electrons. The number of aromatic nitrogens is 4. The monoisotopic (exact) mass is 290 g/mol. The van der Waals surface area contributed by atoms with Crippen molar-refractivity contribution < 1.29 is 13.2 Å². The van der Waals surface area contributed by atoms with E-state index < -0.39 is 11.9 Å². The zero-order valence-electron chi connectivity index (χ0n) is 9.95. The third-order valence-electron chi connectivity index (χ3n) is 2.45. The van der Waals surface area contributed by atoms with Crippen LogP contribution >= 0.6 is 11.6 Å². The molecule has 0 aliphatic rings. The Morgan fingerprint density at radius 2 is 2.05 bits per heavy atom. The van der Waals surface area contributed by atoms with Crippen LogP contribution in [0.1, 0.15) is 24.0 Å². The van der Waals surface area contributed by atoms with Crippen molar-refractivity contribution in [3.63, 3.8) is 0 Å². The molecule has 0 fully saturated rings. The van der Waals surface area contributed by atoms with Gasteiger partial charge in [-0.2, -0.15) is 18.3 Å². The van der Waals surface area contributed by atoms with Crippen LogP contribution in [0, 0.1) is 0 Å². The Kier molecular flexibility index (Phi) is 3.75. The zero-order chi connectivity index (χ0) is 14.0. The van der Waals surface area contributed by atoms with Gasteiger partial charge in [0.2, 0.25) is 0 Å². The van der Waals surface area contributed by atoms with E-state index in [4.69, 9.17) is 11.6 Å². The molecule has 19 heavy (non-hydrogen) atoms. The van der Waals surface area contributed by atoms with Gasteiger partial charge in [-0.1, -0.05) is 24.6 Å². The Balaban J connectivity index is 2.34. The third kappa shape index (κ3) is 3.23. The van der Waals surface area contributed by atoms with Gasteiger partial charge in [0.15, 0.2) is 5.69 Å². The largest absolute Gasteiger partial charge is 0.433 e. The third-order valence-corrected chi connectivity index (χ3v) is 2.66. The van der Waals surface area contributed by atoms with E-state index in [1.54, 1.807) is 0 Å². The molecule has 2 heterocycles. The van der Waals surface area contributed by atoms with Gasteiger partial charge in [-0.05, 0) is 6.07 Å². The van der Waals surface area contributed by atoms with Gasteiger partial charge in [0, 0.05) is 12.0 Å². The number of alkyl halides is 3. The normalized spacial score (nSPS) is 11.8. The molecule has 0 atom stereocenters. The number of halogens is 4. The van der Waals surface area contributed by atoms with Crippen LogP contribution in [-0.4, -0.2) is 19.7 Å². The maximum absolute atomic E-state index is 12.8. The van der Waals surface area contributed by atoms with Crippen LogP contribution in [0.5, 0.6) is 0 Å². The highest BCUT2D eigenvalue weighted by Gasteiger charge is 2.35. The molecule has 0 saturated heterocycles.